The van der Waals surface area contributed by atoms with Gasteiger partial charge in [-0.2, -0.15) is 0 Å². The molecule has 6 heteroatoms. The number of hydrogen-bond acceptors (Lipinski definition) is 5. The van der Waals surface area contributed by atoms with Crippen LogP contribution in [0.5, 0.6) is 11.5 Å². The number of hydrogen-bond donors (Lipinski definition) is 1. The van der Waals surface area contributed by atoms with Crippen LogP contribution >= 0.6 is 0 Å². The molecule has 0 bridgehead atoms. The fraction of sp³-hybridized carbons (Fsp3) is 0.400. The molecule has 1 aromatic carbocycles. The van der Waals surface area contributed by atoms with Crippen LogP contribution in [0.3, 0.4) is 0 Å². The molecule has 2 rings (SSSR count). The van der Waals surface area contributed by atoms with Crippen molar-refractivity contribution in [2.45, 2.75) is 13.0 Å². The van der Waals surface area contributed by atoms with Crippen LogP contribution in [0, 0.1) is 0 Å². The number of aromatic nitrogens is 1. The summed E-state index contributed by atoms with van der Waals surface area (Å²) in [7, 11) is 2.37. The van der Waals surface area contributed by atoms with E-state index in [2.05, 4.69) is 10.3 Å². The number of fused-ring (bicyclic) bond motifs is 1. The molecule has 2 unspecified atom stereocenters. The molecular weight excluding hydrogens is 288 g/mol. The molecule has 0 saturated carbocycles. The van der Waals surface area contributed by atoms with Gasteiger partial charge in [0.05, 0.1) is 14.2 Å². The number of methoxy groups -OCH3 is 2. The first-order valence-electron chi connectivity index (χ1n) is 6.62. The smallest absolute Gasteiger partial charge is 0.161 e. The maximum Gasteiger partial charge on any atom is 0.161 e. The average molecular weight is 308 g/mol. The molecule has 0 spiro atoms. The van der Waals surface area contributed by atoms with Crippen molar-refractivity contribution in [1.29, 1.82) is 0 Å². The van der Waals surface area contributed by atoms with Crippen LogP contribution < -0.4 is 14.8 Å². The van der Waals surface area contributed by atoms with Crippen LogP contribution in [0.4, 0.5) is 5.82 Å². The van der Waals surface area contributed by atoms with Crippen LogP contribution in [-0.2, 0) is 10.8 Å². The molecule has 21 heavy (non-hydrogen) atoms. The Morgan fingerprint density at radius 3 is 2.57 bits per heavy atom. The van der Waals surface area contributed by atoms with Gasteiger partial charge < -0.3 is 14.8 Å². The molecule has 0 amide bonds. The molecule has 0 radical (unpaired) electrons. The predicted octanol–water partition coefficient (Wildman–Crippen LogP) is 2.43. The van der Waals surface area contributed by atoms with Crippen molar-refractivity contribution in [3.8, 4) is 11.5 Å². The number of rotatable bonds is 6. The summed E-state index contributed by atoms with van der Waals surface area (Å²) in [6, 6.07) is 5.82. The van der Waals surface area contributed by atoms with E-state index in [-0.39, 0.29) is 6.04 Å². The van der Waals surface area contributed by atoms with E-state index in [9.17, 15) is 4.21 Å². The van der Waals surface area contributed by atoms with Crippen LogP contribution in [-0.4, -0.2) is 41.5 Å². The van der Waals surface area contributed by atoms with E-state index in [1.165, 1.54) is 0 Å². The summed E-state index contributed by atoms with van der Waals surface area (Å²) in [5.41, 5.74) is 0. The average Bonchev–Trinajstić information content (AvgIpc) is 2.45. The second kappa shape index (κ2) is 6.76. The van der Waals surface area contributed by atoms with Crippen molar-refractivity contribution in [2.24, 2.45) is 0 Å². The van der Waals surface area contributed by atoms with Crippen molar-refractivity contribution < 1.29 is 13.7 Å². The zero-order chi connectivity index (χ0) is 15.4. The number of anilines is 1. The molecule has 114 valence electrons. The molecule has 1 heterocycles. The molecular formula is C15H20N2O3S. The van der Waals surface area contributed by atoms with Gasteiger partial charge in [0.2, 0.25) is 0 Å². The molecule has 0 fully saturated rings. The molecule has 0 aliphatic heterocycles. The maximum atomic E-state index is 11.3. The number of nitrogens with one attached hydrogen (secondary N) is 1. The SMILES string of the molecule is COc1cc2ccnc(NC(C)CS(C)=O)c2cc1OC. The lowest BCUT2D eigenvalue weighted by atomic mass is 10.1. The summed E-state index contributed by atoms with van der Waals surface area (Å²) in [5.74, 6) is 2.68. The van der Waals surface area contributed by atoms with Gasteiger partial charge in [-0.25, -0.2) is 4.98 Å². The second-order valence-corrected chi connectivity index (χ2v) is 6.35. The molecule has 2 aromatic rings. The topological polar surface area (TPSA) is 60.5 Å². The summed E-state index contributed by atoms with van der Waals surface area (Å²) in [6.45, 7) is 1.99. The third-order valence-electron chi connectivity index (χ3n) is 3.14. The van der Waals surface area contributed by atoms with Crippen molar-refractivity contribution in [3.05, 3.63) is 24.4 Å². The van der Waals surface area contributed by atoms with Crippen LogP contribution in [0.15, 0.2) is 24.4 Å². The lowest BCUT2D eigenvalue weighted by Gasteiger charge is -2.16. The van der Waals surface area contributed by atoms with Gasteiger partial charge in [-0.05, 0) is 30.5 Å². The van der Waals surface area contributed by atoms with E-state index < -0.39 is 10.8 Å². The minimum atomic E-state index is -0.849. The maximum absolute atomic E-state index is 11.3. The predicted molar refractivity (Wildman–Crippen MR) is 86.9 cm³/mol. The Balaban J connectivity index is 2.42. The van der Waals surface area contributed by atoms with Gasteiger partial charge in [0.25, 0.3) is 0 Å². The second-order valence-electron chi connectivity index (χ2n) is 4.87. The molecule has 0 saturated heterocycles. The summed E-state index contributed by atoms with van der Waals surface area (Å²) in [4.78, 5) is 4.38. The Bertz CT molecular complexity index is 661. The monoisotopic (exact) mass is 308 g/mol. The summed E-state index contributed by atoms with van der Waals surface area (Å²) in [6.07, 6.45) is 3.44. The van der Waals surface area contributed by atoms with E-state index in [0.29, 0.717) is 17.3 Å². The van der Waals surface area contributed by atoms with Crippen LogP contribution in [0.1, 0.15) is 6.92 Å². The molecule has 0 aliphatic carbocycles. The van der Waals surface area contributed by atoms with E-state index in [1.54, 1.807) is 26.7 Å². The third-order valence-corrected chi connectivity index (χ3v) is 4.11. The lowest BCUT2D eigenvalue weighted by Crippen LogP contribution is -2.22. The van der Waals surface area contributed by atoms with E-state index in [4.69, 9.17) is 9.47 Å². The zero-order valence-electron chi connectivity index (χ0n) is 12.7. The van der Waals surface area contributed by atoms with Gasteiger partial charge in [-0.1, -0.05) is 0 Å². The van der Waals surface area contributed by atoms with Gasteiger partial charge in [0.15, 0.2) is 11.5 Å². The first kappa shape index (κ1) is 15.6. The standard InChI is InChI=1S/C15H20N2O3S/c1-10(9-21(4)18)17-15-12-8-14(20-3)13(19-2)7-11(12)5-6-16-15/h5-8,10H,9H2,1-4H3,(H,16,17). The van der Waals surface area contributed by atoms with Crippen molar-refractivity contribution in [3.63, 3.8) is 0 Å². The van der Waals surface area contributed by atoms with Crippen molar-refractivity contribution in [1.82, 2.24) is 4.98 Å². The number of pyridine rings is 1. The van der Waals surface area contributed by atoms with Gasteiger partial charge in [-0.3, -0.25) is 4.21 Å². The van der Waals surface area contributed by atoms with E-state index in [1.807, 2.05) is 25.1 Å². The van der Waals surface area contributed by atoms with E-state index in [0.717, 1.165) is 16.6 Å². The minimum absolute atomic E-state index is 0.0713. The van der Waals surface area contributed by atoms with Gasteiger partial charge >= 0.3 is 0 Å². The van der Waals surface area contributed by atoms with Crippen molar-refractivity contribution >= 4 is 27.4 Å². The number of nitrogens with zero attached hydrogens (tertiary/aromatic N) is 1. The largest absolute Gasteiger partial charge is 0.493 e. The zero-order valence-corrected chi connectivity index (χ0v) is 13.5. The highest BCUT2D eigenvalue weighted by molar-refractivity contribution is 7.84. The summed E-state index contributed by atoms with van der Waals surface area (Å²) >= 11 is 0. The first-order chi connectivity index (χ1) is 10.0. The summed E-state index contributed by atoms with van der Waals surface area (Å²) < 4.78 is 22.0. The van der Waals surface area contributed by atoms with Gasteiger partial charge in [0.1, 0.15) is 5.82 Å². The molecule has 1 aromatic heterocycles. The third kappa shape index (κ3) is 3.64. The fourth-order valence-corrected chi connectivity index (χ4v) is 3.03. The van der Waals surface area contributed by atoms with Crippen molar-refractivity contribution in [2.75, 3.05) is 31.5 Å². The minimum Gasteiger partial charge on any atom is -0.493 e. The highest BCUT2D eigenvalue weighted by Crippen LogP contribution is 2.34. The molecule has 1 N–H and O–H groups in total. The highest BCUT2D eigenvalue weighted by atomic mass is 32.2. The Morgan fingerprint density at radius 2 is 1.95 bits per heavy atom. The van der Waals surface area contributed by atoms with Crippen LogP contribution in [0.25, 0.3) is 10.8 Å². The van der Waals surface area contributed by atoms with Gasteiger partial charge in [-0.15, -0.1) is 0 Å². The lowest BCUT2D eigenvalue weighted by molar-refractivity contribution is 0.356. The molecule has 2 atom stereocenters. The van der Waals surface area contributed by atoms with E-state index >= 15 is 0 Å². The Labute approximate surface area is 127 Å². The summed E-state index contributed by atoms with van der Waals surface area (Å²) in [5, 5.41) is 5.26. The van der Waals surface area contributed by atoms with Crippen LogP contribution in [0.2, 0.25) is 0 Å². The number of ether oxygens (including phenoxy) is 2. The Morgan fingerprint density at radius 1 is 1.29 bits per heavy atom. The highest BCUT2D eigenvalue weighted by Gasteiger charge is 2.12. The molecule has 0 aliphatic rings. The van der Waals surface area contributed by atoms with Gasteiger partial charge in [0, 0.05) is 40.4 Å². The fourth-order valence-electron chi connectivity index (χ4n) is 2.24. The first-order valence-corrected chi connectivity index (χ1v) is 8.35. The Hall–Kier alpha value is -1.82. The number of benzene rings is 1. The Kier molecular flexibility index (Phi) is 5.01. The quantitative estimate of drug-likeness (QED) is 0.888. The normalized spacial score (nSPS) is 13.7. The molecule has 5 nitrogen and oxygen atoms in total.